The Labute approximate surface area is 186 Å². The van der Waals surface area contributed by atoms with Crippen molar-refractivity contribution >= 4 is 15.8 Å². The highest BCUT2D eigenvalue weighted by atomic mass is 32.2. The van der Waals surface area contributed by atoms with Crippen molar-refractivity contribution < 1.29 is 22.7 Å². The predicted molar refractivity (Wildman–Crippen MR) is 121 cm³/mol. The third-order valence-electron chi connectivity index (χ3n) is 4.74. The van der Waals surface area contributed by atoms with E-state index in [0.717, 1.165) is 5.56 Å². The van der Waals surface area contributed by atoms with E-state index in [4.69, 9.17) is 9.47 Å². The number of sulfone groups is 1. The summed E-state index contributed by atoms with van der Waals surface area (Å²) in [7, 11) is -3.72. The van der Waals surface area contributed by atoms with Crippen molar-refractivity contribution in [2.75, 3.05) is 0 Å². The van der Waals surface area contributed by atoms with Gasteiger partial charge in [-0.2, -0.15) is 0 Å². The van der Waals surface area contributed by atoms with Crippen LogP contribution in [0, 0.1) is 0 Å². The van der Waals surface area contributed by atoms with Crippen LogP contribution in [0.3, 0.4) is 0 Å². The zero-order valence-corrected chi connectivity index (χ0v) is 17.9. The lowest BCUT2D eigenvalue weighted by molar-refractivity contribution is 0.0734. The molecule has 0 aromatic heterocycles. The number of hydrogen-bond acceptors (Lipinski definition) is 5. The monoisotopic (exact) mass is 444 g/mol. The molecule has 4 rings (SSSR count). The summed E-state index contributed by atoms with van der Waals surface area (Å²) in [6.07, 6.45) is 0. The molecule has 0 saturated carbocycles. The van der Waals surface area contributed by atoms with E-state index in [0.29, 0.717) is 17.9 Å². The first-order chi connectivity index (χ1) is 15.5. The second-order valence-electron chi connectivity index (χ2n) is 6.98. The quantitative estimate of drug-likeness (QED) is 0.285. The fraction of sp³-hybridized carbons (Fsp3) is 0.0385. The van der Waals surface area contributed by atoms with Crippen molar-refractivity contribution in [3.63, 3.8) is 0 Å². The molecule has 0 spiro atoms. The van der Waals surface area contributed by atoms with Crippen LogP contribution >= 0.6 is 0 Å². The first-order valence-electron chi connectivity index (χ1n) is 9.91. The molecule has 5 nitrogen and oxygen atoms in total. The molecular weight excluding hydrogens is 424 g/mol. The maximum Gasteiger partial charge on any atom is 0.343 e. The van der Waals surface area contributed by atoms with Crippen LogP contribution in [0.4, 0.5) is 0 Å². The molecule has 4 aromatic rings. The Hall–Kier alpha value is -3.90. The Bertz CT molecular complexity index is 1280. The molecule has 32 heavy (non-hydrogen) atoms. The van der Waals surface area contributed by atoms with Crippen molar-refractivity contribution in [2.24, 2.45) is 0 Å². The number of carbonyl (C=O) groups is 1. The molecule has 0 saturated heterocycles. The molecular formula is C26H20O5S. The van der Waals surface area contributed by atoms with Gasteiger partial charge < -0.3 is 9.47 Å². The molecule has 0 atom stereocenters. The summed E-state index contributed by atoms with van der Waals surface area (Å²) in [5.41, 5.74) is 1.44. The van der Waals surface area contributed by atoms with Crippen LogP contribution in [0.25, 0.3) is 0 Å². The van der Waals surface area contributed by atoms with Gasteiger partial charge in [0.1, 0.15) is 18.1 Å². The van der Waals surface area contributed by atoms with E-state index in [-0.39, 0.29) is 15.5 Å². The number of benzene rings is 4. The smallest absolute Gasteiger partial charge is 0.343 e. The van der Waals surface area contributed by atoms with Crippen molar-refractivity contribution in [2.45, 2.75) is 16.4 Å². The molecule has 4 aromatic carbocycles. The second-order valence-corrected chi connectivity index (χ2v) is 8.93. The van der Waals surface area contributed by atoms with E-state index < -0.39 is 15.8 Å². The first kappa shape index (κ1) is 21.3. The van der Waals surface area contributed by atoms with E-state index in [2.05, 4.69) is 0 Å². The van der Waals surface area contributed by atoms with Gasteiger partial charge in [0.15, 0.2) is 0 Å². The zero-order valence-electron chi connectivity index (χ0n) is 17.0. The molecule has 0 aliphatic heterocycles. The van der Waals surface area contributed by atoms with Gasteiger partial charge in [0.05, 0.1) is 15.4 Å². The lowest BCUT2D eigenvalue weighted by atomic mass is 10.2. The molecule has 0 N–H and O–H groups in total. The minimum Gasteiger partial charge on any atom is -0.489 e. The average molecular weight is 445 g/mol. The van der Waals surface area contributed by atoms with Gasteiger partial charge in [-0.1, -0.05) is 48.5 Å². The van der Waals surface area contributed by atoms with Crippen LogP contribution in [-0.4, -0.2) is 14.4 Å². The van der Waals surface area contributed by atoms with E-state index in [1.165, 1.54) is 36.4 Å². The normalized spacial score (nSPS) is 11.0. The summed E-state index contributed by atoms with van der Waals surface area (Å²) in [5, 5.41) is 0. The molecule has 0 radical (unpaired) electrons. The minimum atomic E-state index is -3.72. The van der Waals surface area contributed by atoms with Gasteiger partial charge in [-0.25, -0.2) is 13.2 Å². The molecule has 0 aliphatic carbocycles. The van der Waals surface area contributed by atoms with E-state index in [9.17, 15) is 13.2 Å². The Morgan fingerprint density at radius 3 is 1.69 bits per heavy atom. The highest BCUT2D eigenvalue weighted by Crippen LogP contribution is 2.25. The van der Waals surface area contributed by atoms with Crippen molar-refractivity contribution in [1.29, 1.82) is 0 Å². The molecule has 0 bridgehead atoms. The molecule has 0 heterocycles. The number of rotatable bonds is 7. The minimum absolute atomic E-state index is 0.106. The third-order valence-corrected chi connectivity index (χ3v) is 6.52. The highest BCUT2D eigenvalue weighted by molar-refractivity contribution is 7.91. The van der Waals surface area contributed by atoms with Crippen LogP contribution < -0.4 is 9.47 Å². The van der Waals surface area contributed by atoms with Gasteiger partial charge in [0, 0.05) is 0 Å². The van der Waals surface area contributed by atoms with Gasteiger partial charge in [0.25, 0.3) is 0 Å². The SMILES string of the molecule is O=C(Oc1ccc(S(=O)(=O)c2ccc(OCc3ccccc3)cc2)cc1)c1ccccc1. The maximum absolute atomic E-state index is 12.9. The van der Waals surface area contributed by atoms with Crippen LogP contribution in [0.1, 0.15) is 15.9 Å². The third kappa shape index (κ3) is 5.04. The maximum atomic E-state index is 12.9. The highest BCUT2D eigenvalue weighted by Gasteiger charge is 2.18. The Balaban J connectivity index is 1.43. The van der Waals surface area contributed by atoms with E-state index in [1.807, 2.05) is 30.3 Å². The topological polar surface area (TPSA) is 69.7 Å². The summed E-state index contributed by atoms with van der Waals surface area (Å²) in [6.45, 7) is 0.399. The molecule has 6 heteroatoms. The molecule has 0 unspecified atom stereocenters. The van der Waals surface area contributed by atoms with Crippen LogP contribution in [0.5, 0.6) is 11.5 Å². The van der Waals surface area contributed by atoms with Gasteiger partial charge in [-0.05, 0) is 66.2 Å². The Kier molecular flexibility index (Phi) is 6.33. The lowest BCUT2D eigenvalue weighted by Gasteiger charge is -2.09. The summed E-state index contributed by atoms with van der Waals surface area (Å²) in [5.74, 6) is 0.339. The van der Waals surface area contributed by atoms with Gasteiger partial charge >= 0.3 is 5.97 Å². The lowest BCUT2D eigenvalue weighted by Crippen LogP contribution is -2.08. The average Bonchev–Trinajstić information content (AvgIpc) is 2.84. The van der Waals surface area contributed by atoms with E-state index >= 15 is 0 Å². The number of esters is 1. The number of carbonyl (C=O) groups excluding carboxylic acids is 1. The largest absolute Gasteiger partial charge is 0.489 e. The van der Waals surface area contributed by atoms with Crippen molar-refractivity contribution in [3.05, 3.63) is 120 Å². The molecule has 0 aliphatic rings. The Morgan fingerprint density at radius 1 is 0.625 bits per heavy atom. The summed E-state index contributed by atoms with van der Waals surface area (Å²) < 4.78 is 36.9. The van der Waals surface area contributed by atoms with Crippen molar-refractivity contribution in [1.82, 2.24) is 0 Å². The molecule has 160 valence electrons. The zero-order chi connectivity index (χ0) is 22.4. The fourth-order valence-electron chi connectivity index (χ4n) is 3.02. The standard InChI is InChI=1S/C26H20O5S/c27-26(21-9-5-2-6-10-21)31-23-13-17-25(18-14-23)32(28,29)24-15-11-22(12-16-24)30-19-20-7-3-1-4-8-20/h1-18H,19H2. The van der Waals surface area contributed by atoms with Crippen LogP contribution in [0.2, 0.25) is 0 Å². The van der Waals surface area contributed by atoms with Gasteiger partial charge in [-0.3, -0.25) is 0 Å². The fourth-order valence-corrected chi connectivity index (χ4v) is 4.28. The van der Waals surface area contributed by atoms with Gasteiger partial charge in [0.2, 0.25) is 9.84 Å². The second kappa shape index (κ2) is 9.49. The van der Waals surface area contributed by atoms with Gasteiger partial charge in [-0.15, -0.1) is 0 Å². The van der Waals surface area contributed by atoms with Crippen LogP contribution in [0.15, 0.2) is 119 Å². The molecule has 0 fully saturated rings. The summed E-state index contributed by atoms with van der Waals surface area (Å²) in [4.78, 5) is 12.4. The van der Waals surface area contributed by atoms with Crippen molar-refractivity contribution in [3.8, 4) is 11.5 Å². The molecule has 0 amide bonds. The van der Waals surface area contributed by atoms with E-state index in [1.54, 1.807) is 42.5 Å². The number of hydrogen-bond donors (Lipinski definition) is 0. The van der Waals surface area contributed by atoms with Crippen LogP contribution in [-0.2, 0) is 16.4 Å². The first-order valence-corrected chi connectivity index (χ1v) is 11.4. The predicted octanol–water partition coefficient (Wildman–Crippen LogP) is 5.32. The Morgan fingerprint density at radius 2 is 1.12 bits per heavy atom. The summed E-state index contributed by atoms with van der Waals surface area (Å²) >= 11 is 0. The summed E-state index contributed by atoms with van der Waals surface area (Å²) in [6, 6.07) is 30.3. The number of ether oxygens (including phenoxy) is 2.